The summed E-state index contributed by atoms with van der Waals surface area (Å²) in [4.78, 5) is 27.1. The van der Waals surface area contributed by atoms with Gasteiger partial charge in [0, 0.05) is 12.2 Å². The molecule has 0 aliphatic rings. The molecule has 5 nitrogen and oxygen atoms in total. The SMILES string of the molecule is CCCCN(CC(N)=O)CC(=O)N(CC)c1ccccc1. The maximum Gasteiger partial charge on any atom is 0.241 e. The van der Waals surface area contributed by atoms with E-state index in [4.69, 9.17) is 5.73 Å². The van der Waals surface area contributed by atoms with Crippen molar-refractivity contribution in [1.82, 2.24) is 4.90 Å². The number of rotatable bonds is 9. The first-order chi connectivity index (χ1) is 10.1. The van der Waals surface area contributed by atoms with Crippen LogP contribution in [0.1, 0.15) is 26.7 Å². The summed E-state index contributed by atoms with van der Waals surface area (Å²) >= 11 is 0. The summed E-state index contributed by atoms with van der Waals surface area (Å²) < 4.78 is 0. The van der Waals surface area contributed by atoms with Gasteiger partial charge in [0.15, 0.2) is 0 Å². The maximum absolute atomic E-state index is 12.5. The number of para-hydroxylation sites is 1. The molecule has 0 aliphatic carbocycles. The van der Waals surface area contributed by atoms with Crippen molar-refractivity contribution in [2.45, 2.75) is 26.7 Å². The normalized spacial score (nSPS) is 10.6. The third kappa shape index (κ3) is 5.95. The molecular weight excluding hydrogens is 266 g/mol. The molecule has 0 aliphatic heterocycles. The molecule has 0 fully saturated rings. The lowest BCUT2D eigenvalue weighted by atomic mass is 10.2. The molecule has 2 N–H and O–H groups in total. The number of nitrogens with two attached hydrogens (primary N) is 1. The Morgan fingerprint density at radius 3 is 2.29 bits per heavy atom. The Balaban J connectivity index is 2.71. The van der Waals surface area contributed by atoms with Crippen molar-refractivity contribution in [3.63, 3.8) is 0 Å². The van der Waals surface area contributed by atoms with Gasteiger partial charge in [-0.2, -0.15) is 0 Å². The molecule has 0 saturated heterocycles. The number of hydrogen-bond donors (Lipinski definition) is 1. The minimum atomic E-state index is -0.401. The highest BCUT2D eigenvalue weighted by atomic mass is 16.2. The molecule has 0 bridgehead atoms. The summed E-state index contributed by atoms with van der Waals surface area (Å²) in [6, 6.07) is 9.55. The lowest BCUT2D eigenvalue weighted by Crippen LogP contribution is -2.43. The van der Waals surface area contributed by atoms with Gasteiger partial charge in [-0.15, -0.1) is 0 Å². The van der Waals surface area contributed by atoms with Crippen LogP contribution >= 0.6 is 0 Å². The van der Waals surface area contributed by atoms with Crippen molar-refractivity contribution >= 4 is 17.5 Å². The molecule has 1 aromatic rings. The molecule has 1 rings (SSSR count). The van der Waals surface area contributed by atoms with E-state index in [1.165, 1.54) is 0 Å². The minimum Gasteiger partial charge on any atom is -0.369 e. The first kappa shape index (κ1) is 17.2. The molecule has 0 atom stereocenters. The van der Waals surface area contributed by atoms with Crippen LogP contribution in [0.3, 0.4) is 0 Å². The van der Waals surface area contributed by atoms with Gasteiger partial charge in [-0.1, -0.05) is 31.5 Å². The molecule has 0 unspecified atom stereocenters. The highest BCUT2D eigenvalue weighted by molar-refractivity contribution is 5.95. The smallest absolute Gasteiger partial charge is 0.241 e. The number of carbonyl (C=O) groups is 2. The molecule has 0 aromatic heterocycles. The molecule has 116 valence electrons. The number of likely N-dealkylation sites (N-methyl/N-ethyl adjacent to an activating group) is 1. The average molecular weight is 291 g/mol. The summed E-state index contributed by atoms with van der Waals surface area (Å²) in [5.41, 5.74) is 6.13. The largest absolute Gasteiger partial charge is 0.369 e. The van der Waals surface area contributed by atoms with Gasteiger partial charge in [0.05, 0.1) is 13.1 Å². The molecule has 0 saturated carbocycles. The van der Waals surface area contributed by atoms with E-state index in [9.17, 15) is 9.59 Å². The van der Waals surface area contributed by atoms with Crippen LogP contribution < -0.4 is 10.6 Å². The molecule has 1 aromatic carbocycles. The van der Waals surface area contributed by atoms with Crippen LogP contribution in [0.5, 0.6) is 0 Å². The second kappa shape index (κ2) is 9.13. The van der Waals surface area contributed by atoms with Crippen molar-refractivity contribution < 1.29 is 9.59 Å². The Labute approximate surface area is 126 Å². The molecular formula is C16H25N3O2. The van der Waals surface area contributed by atoms with E-state index in [1.54, 1.807) is 4.90 Å². The molecule has 0 radical (unpaired) electrons. The lowest BCUT2D eigenvalue weighted by molar-refractivity contribution is -0.122. The second-order valence-corrected chi connectivity index (χ2v) is 5.00. The standard InChI is InChI=1S/C16H25N3O2/c1-3-5-11-18(12-15(17)20)13-16(21)19(4-2)14-9-7-6-8-10-14/h6-10H,3-5,11-13H2,1-2H3,(H2,17,20). The number of hydrogen-bond acceptors (Lipinski definition) is 3. The molecule has 0 heterocycles. The lowest BCUT2D eigenvalue weighted by Gasteiger charge is -2.26. The third-order valence-electron chi connectivity index (χ3n) is 3.25. The first-order valence-corrected chi connectivity index (χ1v) is 7.44. The summed E-state index contributed by atoms with van der Waals surface area (Å²) in [5.74, 6) is -0.414. The quantitative estimate of drug-likeness (QED) is 0.752. The van der Waals surface area contributed by atoms with E-state index in [-0.39, 0.29) is 19.0 Å². The average Bonchev–Trinajstić information content (AvgIpc) is 2.46. The van der Waals surface area contributed by atoms with E-state index in [0.717, 1.165) is 18.5 Å². The Morgan fingerprint density at radius 2 is 1.76 bits per heavy atom. The Kier molecular flexibility index (Phi) is 7.46. The number of amides is 2. The summed E-state index contributed by atoms with van der Waals surface area (Å²) in [6.07, 6.45) is 1.96. The van der Waals surface area contributed by atoms with Gasteiger partial charge in [-0.05, 0) is 32.0 Å². The molecule has 0 spiro atoms. The Morgan fingerprint density at radius 1 is 1.10 bits per heavy atom. The predicted octanol–water partition coefficient (Wildman–Crippen LogP) is 1.63. The van der Waals surface area contributed by atoms with Crippen molar-refractivity contribution in [2.75, 3.05) is 31.1 Å². The topological polar surface area (TPSA) is 66.6 Å². The number of anilines is 1. The van der Waals surface area contributed by atoms with Crippen LogP contribution in [0.4, 0.5) is 5.69 Å². The minimum absolute atomic E-state index is 0.0129. The first-order valence-electron chi connectivity index (χ1n) is 7.44. The number of primary amides is 1. The van der Waals surface area contributed by atoms with Crippen molar-refractivity contribution in [1.29, 1.82) is 0 Å². The zero-order valence-electron chi connectivity index (χ0n) is 12.9. The maximum atomic E-state index is 12.5. The zero-order valence-corrected chi connectivity index (χ0v) is 12.9. The molecule has 2 amide bonds. The predicted molar refractivity (Wildman–Crippen MR) is 85.0 cm³/mol. The van der Waals surface area contributed by atoms with E-state index in [0.29, 0.717) is 13.1 Å². The summed E-state index contributed by atoms with van der Waals surface area (Å²) in [6.45, 7) is 5.66. The van der Waals surface area contributed by atoms with E-state index in [1.807, 2.05) is 42.2 Å². The fraction of sp³-hybridized carbons (Fsp3) is 0.500. The van der Waals surface area contributed by atoms with Crippen molar-refractivity contribution in [2.24, 2.45) is 5.73 Å². The van der Waals surface area contributed by atoms with Gasteiger partial charge in [0.25, 0.3) is 0 Å². The van der Waals surface area contributed by atoms with Crippen LogP contribution in [0, 0.1) is 0 Å². The van der Waals surface area contributed by atoms with Crippen molar-refractivity contribution in [3.8, 4) is 0 Å². The highest BCUT2D eigenvalue weighted by Gasteiger charge is 2.18. The van der Waals surface area contributed by atoms with Crippen LogP contribution in [-0.4, -0.2) is 42.9 Å². The van der Waals surface area contributed by atoms with Gasteiger partial charge >= 0.3 is 0 Å². The van der Waals surface area contributed by atoms with Gasteiger partial charge in [0.2, 0.25) is 11.8 Å². The molecule has 21 heavy (non-hydrogen) atoms. The Hall–Kier alpha value is -1.88. The zero-order chi connectivity index (χ0) is 15.7. The third-order valence-corrected chi connectivity index (χ3v) is 3.25. The second-order valence-electron chi connectivity index (χ2n) is 5.00. The number of nitrogens with zero attached hydrogens (tertiary/aromatic N) is 2. The number of benzene rings is 1. The van der Waals surface area contributed by atoms with Crippen LogP contribution in [0.2, 0.25) is 0 Å². The fourth-order valence-corrected chi connectivity index (χ4v) is 2.20. The van der Waals surface area contributed by atoms with Gasteiger partial charge in [-0.25, -0.2) is 0 Å². The van der Waals surface area contributed by atoms with Gasteiger partial charge < -0.3 is 10.6 Å². The van der Waals surface area contributed by atoms with Gasteiger partial charge in [-0.3, -0.25) is 14.5 Å². The van der Waals surface area contributed by atoms with E-state index >= 15 is 0 Å². The van der Waals surface area contributed by atoms with Gasteiger partial charge in [0.1, 0.15) is 0 Å². The summed E-state index contributed by atoms with van der Waals surface area (Å²) in [7, 11) is 0. The van der Waals surface area contributed by atoms with Crippen LogP contribution in [-0.2, 0) is 9.59 Å². The van der Waals surface area contributed by atoms with Crippen LogP contribution in [0.25, 0.3) is 0 Å². The van der Waals surface area contributed by atoms with Crippen molar-refractivity contribution in [3.05, 3.63) is 30.3 Å². The monoisotopic (exact) mass is 291 g/mol. The Bertz CT molecular complexity index is 448. The fourth-order valence-electron chi connectivity index (χ4n) is 2.20. The van der Waals surface area contributed by atoms with E-state index in [2.05, 4.69) is 6.92 Å². The number of carbonyl (C=O) groups excluding carboxylic acids is 2. The summed E-state index contributed by atoms with van der Waals surface area (Å²) in [5, 5.41) is 0. The van der Waals surface area contributed by atoms with Crippen LogP contribution in [0.15, 0.2) is 30.3 Å². The molecule has 5 heteroatoms. The number of unbranched alkanes of at least 4 members (excludes halogenated alkanes) is 1. The van der Waals surface area contributed by atoms with E-state index < -0.39 is 5.91 Å². The highest BCUT2D eigenvalue weighted by Crippen LogP contribution is 2.13.